The lowest BCUT2D eigenvalue weighted by Crippen LogP contribution is -2.38. The molecule has 2 aromatic rings. The number of nitrogens with one attached hydrogen (secondary N) is 1. The molecule has 0 spiro atoms. The summed E-state index contributed by atoms with van der Waals surface area (Å²) in [6.45, 7) is 0.507. The van der Waals surface area contributed by atoms with E-state index in [1.165, 1.54) is 14.2 Å². The molecule has 1 atom stereocenters. The molecule has 1 heterocycles. The van der Waals surface area contributed by atoms with Crippen LogP contribution in [0.3, 0.4) is 0 Å². The van der Waals surface area contributed by atoms with E-state index in [1.807, 2.05) is 29.6 Å². The number of methoxy groups -OCH3 is 2. The van der Waals surface area contributed by atoms with Crippen LogP contribution in [0.5, 0.6) is 0 Å². The van der Waals surface area contributed by atoms with Gasteiger partial charge in [0.2, 0.25) is 0 Å². The van der Waals surface area contributed by atoms with E-state index in [-0.39, 0.29) is 11.9 Å². The largest absolute Gasteiger partial charge is 0.468 e. The van der Waals surface area contributed by atoms with Crippen LogP contribution in [-0.2, 0) is 27.2 Å². The van der Waals surface area contributed by atoms with Crippen molar-refractivity contribution in [1.82, 2.24) is 5.32 Å². The molecule has 0 radical (unpaired) electrons. The van der Waals surface area contributed by atoms with Crippen LogP contribution in [0.25, 0.3) is 0 Å². The number of carbonyl (C=O) groups is 2. The summed E-state index contributed by atoms with van der Waals surface area (Å²) in [5, 5.41) is 5.18. The van der Waals surface area contributed by atoms with Crippen LogP contribution in [0.4, 0.5) is 0 Å². The molecular formula is C17H19NO4S. The molecule has 0 aliphatic heterocycles. The van der Waals surface area contributed by atoms with Gasteiger partial charge in [0.25, 0.3) is 0 Å². The third kappa shape index (κ3) is 4.91. The van der Waals surface area contributed by atoms with Gasteiger partial charge in [-0.25, -0.2) is 4.79 Å². The SMILES string of the molecule is COC(=O)c1ccc(CNC(Cc2cccs2)C(=O)OC)cc1. The minimum Gasteiger partial charge on any atom is -0.468 e. The molecule has 0 aliphatic carbocycles. The molecule has 1 unspecified atom stereocenters. The maximum atomic E-state index is 11.9. The van der Waals surface area contributed by atoms with Crippen molar-refractivity contribution in [1.29, 1.82) is 0 Å². The molecule has 0 bridgehead atoms. The molecule has 0 saturated carbocycles. The van der Waals surface area contributed by atoms with Gasteiger partial charge < -0.3 is 9.47 Å². The Balaban J connectivity index is 1.97. The monoisotopic (exact) mass is 333 g/mol. The van der Waals surface area contributed by atoms with Gasteiger partial charge in [-0.3, -0.25) is 10.1 Å². The zero-order valence-corrected chi connectivity index (χ0v) is 13.9. The molecule has 2 rings (SSSR count). The topological polar surface area (TPSA) is 64.6 Å². The van der Waals surface area contributed by atoms with Crippen molar-refractivity contribution >= 4 is 23.3 Å². The normalized spacial score (nSPS) is 11.7. The molecule has 0 fully saturated rings. The lowest BCUT2D eigenvalue weighted by molar-refractivity contribution is -0.143. The second kappa shape index (κ2) is 8.45. The fourth-order valence-corrected chi connectivity index (χ4v) is 2.88. The first-order valence-electron chi connectivity index (χ1n) is 7.15. The first kappa shape index (κ1) is 17.2. The highest BCUT2D eigenvalue weighted by molar-refractivity contribution is 7.09. The number of benzene rings is 1. The number of carbonyl (C=O) groups excluding carboxylic acids is 2. The van der Waals surface area contributed by atoms with E-state index in [9.17, 15) is 9.59 Å². The molecule has 1 N–H and O–H groups in total. The average molecular weight is 333 g/mol. The van der Waals surface area contributed by atoms with E-state index in [0.717, 1.165) is 10.4 Å². The fourth-order valence-electron chi connectivity index (χ4n) is 2.13. The van der Waals surface area contributed by atoms with E-state index in [1.54, 1.807) is 23.5 Å². The molecule has 5 nitrogen and oxygen atoms in total. The third-order valence-electron chi connectivity index (χ3n) is 3.40. The van der Waals surface area contributed by atoms with Gasteiger partial charge in [-0.2, -0.15) is 0 Å². The van der Waals surface area contributed by atoms with Crippen LogP contribution in [-0.4, -0.2) is 32.2 Å². The van der Waals surface area contributed by atoms with Gasteiger partial charge >= 0.3 is 11.9 Å². The molecule has 0 aliphatic rings. The van der Waals surface area contributed by atoms with E-state index >= 15 is 0 Å². The summed E-state index contributed by atoms with van der Waals surface area (Å²) in [5.41, 5.74) is 1.47. The van der Waals surface area contributed by atoms with Crippen molar-refractivity contribution in [2.45, 2.75) is 19.0 Å². The average Bonchev–Trinajstić information content (AvgIpc) is 3.10. The summed E-state index contributed by atoms with van der Waals surface area (Å²) in [6, 6.07) is 10.6. The van der Waals surface area contributed by atoms with Crippen molar-refractivity contribution in [2.24, 2.45) is 0 Å². The summed E-state index contributed by atoms with van der Waals surface area (Å²) in [4.78, 5) is 24.4. The number of esters is 2. The predicted molar refractivity (Wildman–Crippen MR) is 88.4 cm³/mol. The zero-order chi connectivity index (χ0) is 16.7. The van der Waals surface area contributed by atoms with Gasteiger partial charge in [0.1, 0.15) is 6.04 Å². The number of thiophene rings is 1. The lowest BCUT2D eigenvalue weighted by atomic mass is 10.1. The Morgan fingerprint density at radius 2 is 1.87 bits per heavy atom. The van der Waals surface area contributed by atoms with Crippen molar-refractivity contribution in [3.63, 3.8) is 0 Å². The van der Waals surface area contributed by atoms with Gasteiger partial charge in [-0.1, -0.05) is 18.2 Å². The zero-order valence-electron chi connectivity index (χ0n) is 13.1. The molecule has 6 heteroatoms. The van der Waals surface area contributed by atoms with Gasteiger partial charge in [-0.15, -0.1) is 11.3 Å². The number of hydrogen-bond donors (Lipinski definition) is 1. The van der Waals surface area contributed by atoms with E-state index < -0.39 is 6.04 Å². The van der Waals surface area contributed by atoms with Gasteiger partial charge in [-0.05, 0) is 29.1 Å². The van der Waals surface area contributed by atoms with Crippen LogP contribution >= 0.6 is 11.3 Å². The van der Waals surface area contributed by atoms with E-state index in [4.69, 9.17) is 4.74 Å². The summed E-state index contributed by atoms with van der Waals surface area (Å²) < 4.78 is 9.52. The fraction of sp³-hybridized carbons (Fsp3) is 0.294. The predicted octanol–water partition coefficient (Wildman–Crippen LogP) is 2.41. The Hall–Kier alpha value is -2.18. The highest BCUT2D eigenvalue weighted by Crippen LogP contribution is 2.13. The Kier molecular flexibility index (Phi) is 6.31. The molecular weight excluding hydrogens is 314 g/mol. The second-order valence-corrected chi connectivity index (χ2v) is 5.96. The van der Waals surface area contributed by atoms with Crippen molar-refractivity contribution in [2.75, 3.05) is 14.2 Å². The molecule has 1 aromatic heterocycles. The van der Waals surface area contributed by atoms with Gasteiger partial charge in [0.05, 0.1) is 19.8 Å². The van der Waals surface area contributed by atoms with Crippen LogP contribution in [0.15, 0.2) is 41.8 Å². The van der Waals surface area contributed by atoms with Crippen LogP contribution < -0.4 is 5.32 Å². The third-order valence-corrected chi connectivity index (χ3v) is 4.30. The smallest absolute Gasteiger partial charge is 0.337 e. The van der Waals surface area contributed by atoms with E-state index in [0.29, 0.717) is 18.5 Å². The second-order valence-electron chi connectivity index (χ2n) is 4.93. The van der Waals surface area contributed by atoms with Gasteiger partial charge in [0.15, 0.2) is 0 Å². The minimum absolute atomic E-state index is 0.287. The Morgan fingerprint density at radius 1 is 1.13 bits per heavy atom. The molecule has 1 aromatic carbocycles. The minimum atomic E-state index is -0.404. The number of hydrogen-bond acceptors (Lipinski definition) is 6. The van der Waals surface area contributed by atoms with Crippen molar-refractivity contribution in [3.05, 3.63) is 57.8 Å². The summed E-state index contributed by atoms with van der Waals surface area (Å²) in [7, 11) is 2.74. The maximum Gasteiger partial charge on any atom is 0.337 e. The Labute approximate surface area is 139 Å². The highest BCUT2D eigenvalue weighted by Gasteiger charge is 2.19. The van der Waals surface area contributed by atoms with Crippen molar-refractivity contribution in [3.8, 4) is 0 Å². The molecule has 0 saturated heterocycles. The number of rotatable bonds is 7. The molecule has 23 heavy (non-hydrogen) atoms. The Bertz CT molecular complexity index is 637. The van der Waals surface area contributed by atoms with Crippen LogP contribution in [0, 0.1) is 0 Å². The summed E-state index contributed by atoms with van der Waals surface area (Å²) >= 11 is 1.61. The van der Waals surface area contributed by atoms with Crippen LogP contribution in [0.1, 0.15) is 20.8 Å². The Morgan fingerprint density at radius 3 is 2.43 bits per heavy atom. The maximum absolute atomic E-state index is 11.9. The molecule has 122 valence electrons. The van der Waals surface area contributed by atoms with Gasteiger partial charge in [0, 0.05) is 17.8 Å². The summed E-state index contributed by atoms with van der Waals surface area (Å²) in [5.74, 6) is -0.653. The van der Waals surface area contributed by atoms with E-state index in [2.05, 4.69) is 10.1 Å². The lowest BCUT2D eigenvalue weighted by Gasteiger charge is -2.16. The van der Waals surface area contributed by atoms with Crippen molar-refractivity contribution < 1.29 is 19.1 Å². The molecule has 0 amide bonds. The quantitative estimate of drug-likeness (QED) is 0.788. The first-order valence-corrected chi connectivity index (χ1v) is 8.03. The standard InChI is InChI=1S/C17H19NO4S/c1-21-16(19)13-7-5-12(6-8-13)11-18-15(17(20)22-2)10-14-4-3-9-23-14/h3-9,15,18H,10-11H2,1-2H3. The number of ether oxygens (including phenoxy) is 2. The first-order chi connectivity index (χ1) is 11.1. The highest BCUT2D eigenvalue weighted by atomic mass is 32.1. The summed E-state index contributed by atoms with van der Waals surface area (Å²) in [6.07, 6.45) is 0.588. The van der Waals surface area contributed by atoms with Crippen LogP contribution in [0.2, 0.25) is 0 Å².